The van der Waals surface area contributed by atoms with Crippen LogP contribution in [-0.2, 0) is 0 Å². The molecule has 0 atom stereocenters. The maximum Gasteiger partial charge on any atom is 0.285 e. The zero-order valence-electron chi connectivity index (χ0n) is 16.3. The van der Waals surface area contributed by atoms with Gasteiger partial charge in [0, 0.05) is 18.2 Å². The number of aromatic nitrogens is 4. The molecule has 0 fully saturated rings. The summed E-state index contributed by atoms with van der Waals surface area (Å²) in [5.41, 5.74) is 1.58. The smallest absolute Gasteiger partial charge is 0.285 e. The molecule has 0 aliphatic carbocycles. The predicted octanol–water partition coefficient (Wildman–Crippen LogP) is 3.52. The fraction of sp³-hybridized carbons (Fsp3) is 0.368. The molecule has 0 saturated carbocycles. The third kappa shape index (κ3) is 4.56. The van der Waals surface area contributed by atoms with Crippen LogP contribution in [0.15, 0.2) is 27.8 Å². The minimum Gasteiger partial charge on any atom is -0.476 e. The predicted molar refractivity (Wildman–Crippen MR) is 107 cm³/mol. The van der Waals surface area contributed by atoms with Gasteiger partial charge >= 0.3 is 0 Å². The molecular formula is C19H21ClFN5O3. The second-order valence-corrected chi connectivity index (χ2v) is 6.81. The summed E-state index contributed by atoms with van der Waals surface area (Å²) in [6, 6.07) is 1.52. The van der Waals surface area contributed by atoms with Crippen molar-refractivity contribution < 1.29 is 13.7 Å². The fourth-order valence-corrected chi connectivity index (χ4v) is 3.25. The van der Waals surface area contributed by atoms with Crippen molar-refractivity contribution in [2.24, 2.45) is 0 Å². The summed E-state index contributed by atoms with van der Waals surface area (Å²) in [6.07, 6.45) is 3.46. The minimum atomic E-state index is -0.485. The molecule has 0 radical (unpaired) electrons. The molecule has 0 saturated heterocycles. The van der Waals surface area contributed by atoms with Crippen LogP contribution in [0.1, 0.15) is 24.8 Å². The van der Waals surface area contributed by atoms with E-state index in [1.807, 2.05) is 11.8 Å². The molecule has 0 unspecified atom stereocenters. The van der Waals surface area contributed by atoms with Gasteiger partial charge < -0.3 is 14.2 Å². The lowest BCUT2D eigenvalue weighted by molar-refractivity contribution is 0.310. The third-order valence-electron chi connectivity index (χ3n) is 4.36. The first-order valence-electron chi connectivity index (χ1n) is 9.12. The number of halogens is 2. The number of rotatable bonds is 8. The monoisotopic (exact) mass is 421 g/mol. The van der Waals surface area contributed by atoms with Crippen LogP contribution in [-0.4, -0.2) is 40.0 Å². The molecule has 3 aromatic heterocycles. The Balaban J connectivity index is 1.75. The first-order chi connectivity index (χ1) is 13.9. The maximum atomic E-state index is 14.3. The normalized spacial score (nSPS) is 10.9. The van der Waals surface area contributed by atoms with Gasteiger partial charge in [0.15, 0.2) is 0 Å². The zero-order chi connectivity index (χ0) is 21.0. The lowest BCUT2D eigenvalue weighted by Gasteiger charge is -2.24. The molecule has 0 bridgehead atoms. The summed E-state index contributed by atoms with van der Waals surface area (Å²) in [5.74, 6) is 0.304. The molecule has 3 aromatic rings. The second kappa shape index (κ2) is 9.04. The van der Waals surface area contributed by atoms with Gasteiger partial charge in [0.25, 0.3) is 5.56 Å². The molecule has 8 nitrogen and oxygen atoms in total. The summed E-state index contributed by atoms with van der Waals surface area (Å²) < 4.78 is 25.1. The van der Waals surface area contributed by atoms with Crippen molar-refractivity contribution in [3.63, 3.8) is 0 Å². The highest BCUT2D eigenvalue weighted by Gasteiger charge is 2.18. The first kappa shape index (κ1) is 20.8. The lowest BCUT2D eigenvalue weighted by Crippen LogP contribution is -2.31. The second-order valence-electron chi connectivity index (χ2n) is 6.44. The van der Waals surface area contributed by atoms with Crippen molar-refractivity contribution in [3.8, 4) is 17.0 Å². The Morgan fingerprint density at radius 2 is 2.10 bits per heavy atom. The number of hydrogen-bond donors (Lipinski definition) is 1. The van der Waals surface area contributed by atoms with Crippen molar-refractivity contribution in [1.82, 2.24) is 20.3 Å². The van der Waals surface area contributed by atoms with Gasteiger partial charge in [-0.15, -0.1) is 0 Å². The van der Waals surface area contributed by atoms with Gasteiger partial charge in [0.1, 0.15) is 23.2 Å². The van der Waals surface area contributed by atoms with Crippen molar-refractivity contribution in [2.45, 2.75) is 27.2 Å². The van der Waals surface area contributed by atoms with Gasteiger partial charge in [-0.1, -0.05) is 23.7 Å². The van der Waals surface area contributed by atoms with Crippen molar-refractivity contribution in [2.75, 3.05) is 24.6 Å². The Kier molecular flexibility index (Phi) is 6.48. The van der Waals surface area contributed by atoms with Crippen LogP contribution in [0.2, 0.25) is 5.02 Å². The van der Waals surface area contributed by atoms with Crippen molar-refractivity contribution >= 4 is 17.3 Å². The van der Waals surface area contributed by atoms with E-state index >= 15 is 0 Å². The Labute approximate surface area is 171 Å². The van der Waals surface area contributed by atoms with Gasteiger partial charge in [0.05, 0.1) is 35.9 Å². The Morgan fingerprint density at radius 1 is 1.31 bits per heavy atom. The number of aromatic amines is 1. The molecule has 0 aliphatic rings. The topological polar surface area (TPSA) is 97.1 Å². The molecule has 0 amide bonds. The highest BCUT2D eigenvalue weighted by atomic mass is 35.5. The van der Waals surface area contributed by atoms with Gasteiger partial charge in [-0.25, -0.2) is 14.5 Å². The molecule has 0 aliphatic heterocycles. The molecule has 10 heteroatoms. The van der Waals surface area contributed by atoms with Crippen LogP contribution in [0, 0.1) is 19.7 Å². The SMILES string of the molecule is CCCN(CCOc1cc(-c2c(C)noc2C)c(F)cn1)c1cn[nH]c(=O)c1Cl. The van der Waals surface area contributed by atoms with Crippen LogP contribution in [0.4, 0.5) is 10.1 Å². The van der Waals surface area contributed by atoms with Crippen LogP contribution in [0.25, 0.3) is 11.1 Å². The molecular weight excluding hydrogens is 401 g/mol. The van der Waals surface area contributed by atoms with E-state index < -0.39 is 11.4 Å². The summed E-state index contributed by atoms with van der Waals surface area (Å²) in [4.78, 5) is 17.6. The van der Waals surface area contributed by atoms with E-state index in [1.54, 1.807) is 13.8 Å². The van der Waals surface area contributed by atoms with Crippen LogP contribution >= 0.6 is 11.6 Å². The maximum absolute atomic E-state index is 14.3. The molecule has 3 heterocycles. The quantitative estimate of drug-likeness (QED) is 0.594. The highest BCUT2D eigenvalue weighted by molar-refractivity contribution is 6.32. The van der Waals surface area contributed by atoms with Gasteiger partial charge in [-0.05, 0) is 20.3 Å². The molecule has 29 heavy (non-hydrogen) atoms. The molecule has 0 aromatic carbocycles. The van der Waals surface area contributed by atoms with Crippen molar-refractivity contribution in [1.29, 1.82) is 0 Å². The summed E-state index contributed by atoms with van der Waals surface area (Å²) in [7, 11) is 0. The Hall–Kier alpha value is -2.94. The number of hydrogen-bond acceptors (Lipinski definition) is 7. The number of nitrogens with zero attached hydrogens (tertiary/aromatic N) is 4. The van der Waals surface area contributed by atoms with Crippen LogP contribution in [0.5, 0.6) is 5.88 Å². The number of H-pyrrole nitrogens is 1. The van der Waals surface area contributed by atoms with Gasteiger partial charge in [-0.2, -0.15) is 5.10 Å². The largest absolute Gasteiger partial charge is 0.476 e. The number of pyridine rings is 1. The zero-order valence-corrected chi connectivity index (χ0v) is 17.1. The van der Waals surface area contributed by atoms with E-state index in [0.29, 0.717) is 41.4 Å². The van der Waals surface area contributed by atoms with E-state index in [1.165, 1.54) is 12.3 Å². The summed E-state index contributed by atoms with van der Waals surface area (Å²) in [6.45, 7) is 6.84. The van der Waals surface area contributed by atoms with Crippen LogP contribution in [0.3, 0.4) is 0 Å². The molecule has 0 spiro atoms. The average molecular weight is 422 g/mol. The highest BCUT2D eigenvalue weighted by Crippen LogP contribution is 2.31. The Bertz CT molecular complexity index is 1030. The fourth-order valence-electron chi connectivity index (χ4n) is 3.04. The number of ether oxygens (including phenoxy) is 1. The minimum absolute atomic E-state index is 0.0778. The number of aryl methyl sites for hydroxylation is 2. The van der Waals surface area contributed by atoms with Crippen LogP contribution < -0.4 is 15.2 Å². The van der Waals surface area contributed by atoms with Crippen molar-refractivity contribution in [3.05, 3.63) is 51.1 Å². The molecule has 154 valence electrons. The molecule has 3 rings (SSSR count). The van der Waals surface area contributed by atoms with E-state index in [0.717, 1.165) is 12.6 Å². The first-order valence-corrected chi connectivity index (χ1v) is 9.49. The number of anilines is 1. The van der Waals surface area contributed by atoms with E-state index in [9.17, 15) is 9.18 Å². The third-order valence-corrected chi connectivity index (χ3v) is 4.72. The van der Waals surface area contributed by atoms with Gasteiger partial charge in [-0.3, -0.25) is 4.79 Å². The van der Waals surface area contributed by atoms with Gasteiger partial charge in [0.2, 0.25) is 5.88 Å². The summed E-state index contributed by atoms with van der Waals surface area (Å²) >= 11 is 6.11. The lowest BCUT2D eigenvalue weighted by atomic mass is 10.1. The standard InChI is InChI=1S/C19H21ClFN5O3/c1-4-5-26(15-10-23-24-19(27)18(15)20)6-7-28-16-8-13(14(21)9-22-16)17-11(2)25-29-12(17)3/h8-10H,4-7H2,1-3H3,(H,24,27). The van der Waals surface area contributed by atoms with E-state index in [2.05, 4.69) is 20.3 Å². The Morgan fingerprint density at radius 3 is 2.79 bits per heavy atom. The van der Waals surface area contributed by atoms with E-state index in [-0.39, 0.29) is 17.5 Å². The van der Waals surface area contributed by atoms with E-state index in [4.69, 9.17) is 20.9 Å². The average Bonchev–Trinajstić information content (AvgIpc) is 3.03. The summed E-state index contributed by atoms with van der Waals surface area (Å²) in [5, 5.41) is 10.0. The molecule has 1 N–H and O–H groups in total. The number of nitrogens with one attached hydrogen (secondary N) is 1.